The van der Waals surface area contributed by atoms with Crippen molar-refractivity contribution in [1.29, 1.82) is 0 Å². The topological polar surface area (TPSA) is 90.1 Å². The summed E-state index contributed by atoms with van der Waals surface area (Å²) in [7, 11) is 0. The van der Waals surface area contributed by atoms with E-state index >= 15 is 0 Å². The van der Waals surface area contributed by atoms with Crippen molar-refractivity contribution < 1.29 is 9.59 Å². The Bertz CT molecular complexity index is 732. The number of para-hydroxylation sites is 2. The number of H-pyrrole nitrogens is 1. The van der Waals surface area contributed by atoms with E-state index in [2.05, 4.69) is 25.5 Å². The molecule has 0 spiro atoms. The summed E-state index contributed by atoms with van der Waals surface area (Å²) in [6.45, 7) is 4.91. The summed E-state index contributed by atoms with van der Waals surface area (Å²) in [4.78, 5) is 34.0. The smallest absolute Gasteiger partial charge is 0.234 e. The third-order valence-corrected chi connectivity index (χ3v) is 4.92. The highest BCUT2D eigenvalue weighted by Crippen LogP contribution is 2.12. The number of carbonyl (C=O) groups excluding carboxylic acids is 2. The zero-order chi connectivity index (χ0) is 19.1. The Morgan fingerprint density at radius 1 is 1.22 bits per heavy atom. The largest absolute Gasteiger partial charge is 0.355 e. The van der Waals surface area contributed by atoms with Crippen molar-refractivity contribution in [3.05, 3.63) is 30.1 Å². The summed E-state index contributed by atoms with van der Waals surface area (Å²) in [6.07, 6.45) is 3.76. The molecule has 2 aromatic rings. The number of nitrogens with zero attached hydrogens (tertiary/aromatic N) is 2. The van der Waals surface area contributed by atoms with Gasteiger partial charge >= 0.3 is 0 Å². The van der Waals surface area contributed by atoms with E-state index in [0.717, 1.165) is 55.8 Å². The number of aryl methyl sites for hydroxylation is 1. The number of aromatic amines is 1. The zero-order valence-electron chi connectivity index (χ0n) is 16.0. The molecule has 27 heavy (non-hydrogen) atoms. The number of rotatable bonds is 8. The van der Waals surface area contributed by atoms with Gasteiger partial charge in [-0.1, -0.05) is 19.1 Å². The molecule has 3 rings (SSSR count). The number of piperidine rings is 1. The van der Waals surface area contributed by atoms with Crippen molar-refractivity contribution in [1.82, 2.24) is 25.5 Å². The van der Waals surface area contributed by atoms with Crippen LogP contribution in [0.15, 0.2) is 24.3 Å². The molecule has 0 radical (unpaired) electrons. The van der Waals surface area contributed by atoms with Crippen LogP contribution in [0.5, 0.6) is 0 Å². The molecule has 146 valence electrons. The first-order chi connectivity index (χ1) is 13.1. The fourth-order valence-corrected chi connectivity index (χ4v) is 3.41. The van der Waals surface area contributed by atoms with E-state index in [0.29, 0.717) is 19.4 Å². The van der Waals surface area contributed by atoms with E-state index in [1.165, 1.54) is 0 Å². The maximum Gasteiger partial charge on any atom is 0.234 e. The molecular weight excluding hydrogens is 342 g/mol. The summed E-state index contributed by atoms with van der Waals surface area (Å²) in [5, 5.41) is 6.03. The molecule has 7 nitrogen and oxygen atoms in total. The molecule has 0 saturated carbocycles. The third kappa shape index (κ3) is 5.79. The van der Waals surface area contributed by atoms with E-state index < -0.39 is 0 Å². The molecule has 1 aromatic heterocycles. The van der Waals surface area contributed by atoms with Gasteiger partial charge in [-0.05, 0) is 31.4 Å². The Morgan fingerprint density at radius 3 is 2.74 bits per heavy atom. The molecule has 0 bridgehead atoms. The van der Waals surface area contributed by atoms with E-state index in [9.17, 15) is 9.59 Å². The average molecular weight is 371 g/mol. The van der Waals surface area contributed by atoms with Gasteiger partial charge in [0.25, 0.3) is 0 Å². The molecule has 2 heterocycles. The second-order valence-corrected chi connectivity index (χ2v) is 7.17. The van der Waals surface area contributed by atoms with Crippen molar-refractivity contribution in [2.45, 2.75) is 45.1 Å². The first kappa shape index (κ1) is 19.4. The van der Waals surface area contributed by atoms with Crippen LogP contribution in [0, 0.1) is 0 Å². The maximum atomic E-state index is 12.2. The normalized spacial score (nSPS) is 15.7. The van der Waals surface area contributed by atoms with Crippen LogP contribution in [-0.4, -0.2) is 58.9 Å². The van der Waals surface area contributed by atoms with Gasteiger partial charge in [0, 0.05) is 38.5 Å². The number of aromatic nitrogens is 2. The van der Waals surface area contributed by atoms with E-state index in [1.807, 2.05) is 31.2 Å². The molecule has 1 fully saturated rings. The molecule has 0 atom stereocenters. The van der Waals surface area contributed by atoms with Crippen LogP contribution in [0.3, 0.4) is 0 Å². The van der Waals surface area contributed by atoms with Crippen molar-refractivity contribution in [3.8, 4) is 0 Å². The monoisotopic (exact) mass is 371 g/mol. The number of benzene rings is 1. The maximum absolute atomic E-state index is 12.2. The van der Waals surface area contributed by atoms with Gasteiger partial charge in [-0.15, -0.1) is 0 Å². The molecule has 0 unspecified atom stereocenters. The lowest BCUT2D eigenvalue weighted by atomic mass is 10.0. The van der Waals surface area contributed by atoms with Crippen molar-refractivity contribution >= 4 is 22.8 Å². The third-order valence-electron chi connectivity index (χ3n) is 4.92. The van der Waals surface area contributed by atoms with E-state index in [-0.39, 0.29) is 17.9 Å². The quantitative estimate of drug-likeness (QED) is 0.657. The first-order valence-electron chi connectivity index (χ1n) is 9.86. The van der Waals surface area contributed by atoms with Crippen molar-refractivity contribution in [2.24, 2.45) is 0 Å². The minimum Gasteiger partial charge on any atom is -0.355 e. The van der Waals surface area contributed by atoms with Gasteiger partial charge in [-0.2, -0.15) is 0 Å². The van der Waals surface area contributed by atoms with Crippen LogP contribution in [0.4, 0.5) is 0 Å². The van der Waals surface area contributed by atoms with Gasteiger partial charge in [-0.3, -0.25) is 14.5 Å². The summed E-state index contributed by atoms with van der Waals surface area (Å²) in [6, 6.07) is 8.08. The van der Waals surface area contributed by atoms with Gasteiger partial charge in [0.05, 0.1) is 17.6 Å². The summed E-state index contributed by atoms with van der Waals surface area (Å²) in [5.74, 6) is 0.999. The number of imidazole rings is 1. The van der Waals surface area contributed by atoms with Gasteiger partial charge in [0.1, 0.15) is 5.82 Å². The lowest BCUT2D eigenvalue weighted by molar-refractivity contribution is -0.124. The molecule has 3 N–H and O–H groups in total. The van der Waals surface area contributed by atoms with Crippen LogP contribution >= 0.6 is 0 Å². The van der Waals surface area contributed by atoms with Gasteiger partial charge in [-0.25, -0.2) is 4.98 Å². The van der Waals surface area contributed by atoms with Gasteiger partial charge < -0.3 is 15.6 Å². The summed E-state index contributed by atoms with van der Waals surface area (Å²) < 4.78 is 0. The predicted molar refractivity (Wildman–Crippen MR) is 105 cm³/mol. The summed E-state index contributed by atoms with van der Waals surface area (Å²) >= 11 is 0. The van der Waals surface area contributed by atoms with Crippen LogP contribution in [0.2, 0.25) is 0 Å². The van der Waals surface area contributed by atoms with Crippen LogP contribution < -0.4 is 10.6 Å². The van der Waals surface area contributed by atoms with Crippen LogP contribution in [0.25, 0.3) is 11.0 Å². The Labute approximate surface area is 159 Å². The Kier molecular flexibility index (Phi) is 6.81. The minimum atomic E-state index is 0.0644. The molecule has 1 saturated heterocycles. The molecule has 7 heteroatoms. The molecule has 1 aromatic carbocycles. The average Bonchev–Trinajstić information content (AvgIpc) is 3.09. The number of carbonyl (C=O) groups is 2. The van der Waals surface area contributed by atoms with Gasteiger partial charge in [0.15, 0.2) is 0 Å². The van der Waals surface area contributed by atoms with Gasteiger partial charge in [0.2, 0.25) is 11.8 Å². The number of amides is 2. The SMILES string of the molecule is CCCNC(=O)CN1CCC(NC(=O)CCc2nc3ccccc3[nH]2)CC1. The van der Waals surface area contributed by atoms with Crippen molar-refractivity contribution in [2.75, 3.05) is 26.2 Å². The summed E-state index contributed by atoms with van der Waals surface area (Å²) in [5.41, 5.74) is 1.94. The lowest BCUT2D eigenvalue weighted by Gasteiger charge is -2.31. The number of hydrogen-bond donors (Lipinski definition) is 3. The predicted octanol–water partition coefficient (Wildman–Crippen LogP) is 1.60. The molecule has 1 aliphatic rings. The molecule has 1 aliphatic heterocycles. The number of hydrogen-bond acceptors (Lipinski definition) is 4. The minimum absolute atomic E-state index is 0.0644. The molecular formula is C20H29N5O2. The standard InChI is InChI=1S/C20H29N5O2/c1-2-11-21-20(27)14-25-12-9-15(10-13-25)22-19(26)8-7-18-23-16-5-3-4-6-17(16)24-18/h3-6,15H,2,7-14H2,1H3,(H,21,27)(H,22,26)(H,23,24). The second kappa shape index (κ2) is 9.50. The molecule has 0 aliphatic carbocycles. The highest BCUT2D eigenvalue weighted by atomic mass is 16.2. The fourth-order valence-electron chi connectivity index (χ4n) is 3.41. The van der Waals surface area contributed by atoms with E-state index in [4.69, 9.17) is 0 Å². The number of nitrogens with one attached hydrogen (secondary N) is 3. The van der Waals surface area contributed by atoms with Crippen LogP contribution in [0.1, 0.15) is 38.4 Å². The number of likely N-dealkylation sites (tertiary alicyclic amines) is 1. The lowest BCUT2D eigenvalue weighted by Crippen LogP contribution is -2.47. The Morgan fingerprint density at radius 2 is 2.00 bits per heavy atom. The highest BCUT2D eigenvalue weighted by molar-refractivity contribution is 5.78. The Hall–Kier alpha value is -2.41. The first-order valence-corrected chi connectivity index (χ1v) is 9.86. The second-order valence-electron chi connectivity index (χ2n) is 7.17. The van der Waals surface area contributed by atoms with Crippen molar-refractivity contribution in [3.63, 3.8) is 0 Å². The zero-order valence-corrected chi connectivity index (χ0v) is 16.0. The highest BCUT2D eigenvalue weighted by Gasteiger charge is 2.22. The molecule has 2 amide bonds. The van der Waals surface area contributed by atoms with Crippen LogP contribution in [-0.2, 0) is 16.0 Å². The Balaban J connectivity index is 1.36. The fraction of sp³-hybridized carbons (Fsp3) is 0.550. The van der Waals surface area contributed by atoms with E-state index in [1.54, 1.807) is 0 Å². The number of fused-ring (bicyclic) bond motifs is 1.